The van der Waals surface area contributed by atoms with Crippen LogP contribution in [0.15, 0.2) is 19.6 Å². The van der Waals surface area contributed by atoms with Gasteiger partial charge in [-0.05, 0) is 63.7 Å². The van der Waals surface area contributed by atoms with Gasteiger partial charge in [0.15, 0.2) is 4.67 Å². The quantitative estimate of drug-likeness (QED) is 0.716. The maximum atomic E-state index is 11.4. The van der Waals surface area contributed by atoms with E-state index < -0.39 is 0 Å². The number of hydrogen-bond donors (Lipinski definition) is 2. The van der Waals surface area contributed by atoms with Crippen LogP contribution in [0.3, 0.4) is 0 Å². The summed E-state index contributed by atoms with van der Waals surface area (Å²) in [5, 5.41) is 6.23. The number of nitrogens with one attached hydrogen (secondary N) is 2. The number of hydrogen-bond acceptors (Lipinski definition) is 3. The molecule has 0 spiro atoms. The molecule has 0 bridgehead atoms. The van der Waals surface area contributed by atoms with E-state index in [-0.39, 0.29) is 5.91 Å². The van der Waals surface area contributed by atoms with Gasteiger partial charge in [-0.15, -0.1) is 0 Å². The van der Waals surface area contributed by atoms with E-state index in [0.717, 1.165) is 36.0 Å². The van der Waals surface area contributed by atoms with Crippen LogP contribution in [0.25, 0.3) is 0 Å². The molecule has 0 unspecified atom stereocenters. The molecule has 0 saturated heterocycles. The van der Waals surface area contributed by atoms with Gasteiger partial charge >= 0.3 is 0 Å². The Morgan fingerprint density at radius 3 is 2.83 bits per heavy atom. The second-order valence-corrected chi connectivity index (χ2v) is 6.03. The molecule has 0 aromatic carbocycles. The molecule has 1 fully saturated rings. The van der Waals surface area contributed by atoms with Crippen molar-refractivity contribution in [2.24, 2.45) is 0 Å². The number of carbonyl (C=O) groups excluding carboxylic acids is 1. The van der Waals surface area contributed by atoms with Crippen LogP contribution in [0, 0.1) is 0 Å². The first kappa shape index (κ1) is 14.1. The molecule has 100 valence electrons. The highest BCUT2D eigenvalue weighted by atomic mass is 79.9. The van der Waals surface area contributed by atoms with Crippen molar-refractivity contribution in [1.82, 2.24) is 10.6 Å². The van der Waals surface area contributed by atoms with Crippen LogP contribution >= 0.6 is 31.9 Å². The van der Waals surface area contributed by atoms with Gasteiger partial charge in [0, 0.05) is 12.5 Å². The SMILES string of the molecule is O=C(CCCNCc1cc(Br)c(Br)o1)NC1CC1. The van der Waals surface area contributed by atoms with Crippen LogP contribution < -0.4 is 10.6 Å². The molecule has 1 aromatic rings. The molecule has 2 rings (SSSR count). The van der Waals surface area contributed by atoms with Crippen LogP contribution in [-0.4, -0.2) is 18.5 Å². The number of furan rings is 1. The predicted octanol–water partition coefficient (Wildman–Crippen LogP) is 2.95. The first-order valence-corrected chi connectivity index (χ1v) is 7.67. The van der Waals surface area contributed by atoms with Gasteiger partial charge in [-0.3, -0.25) is 4.79 Å². The van der Waals surface area contributed by atoms with Gasteiger partial charge in [0.05, 0.1) is 11.0 Å². The molecule has 1 aliphatic carbocycles. The van der Waals surface area contributed by atoms with E-state index in [2.05, 4.69) is 42.5 Å². The summed E-state index contributed by atoms with van der Waals surface area (Å²) in [6, 6.07) is 2.39. The Kier molecular flexibility index (Phi) is 5.26. The van der Waals surface area contributed by atoms with Gasteiger partial charge in [-0.25, -0.2) is 0 Å². The van der Waals surface area contributed by atoms with Crippen LogP contribution in [-0.2, 0) is 11.3 Å². The maximum absolute atomic E-state index is 11.4. The Labute approximate surface area is 123 Å². The Morgan fingerprint density at radius 1 is 1.44 bits per heavy atom. The van der Waals surface area contributed by atoms with Crippen molar-refractivity contribution >= 4 is 37.8 Å². The van der Waals surface area contributed by atoms with Crippen LogP contribution in [0.5, 0.6) is 0 Å². The fraction of sp³-hybridized carbons (Fsp3) is 0.583. The first-order chi connectivity index (χ1) is 8.65. The normalized spacial score (nSPS) is 14.8. The largest absolute Gasteiger partial charge is 0.452 e. The lowest BCUT2D eigenvalue weighted by molar-refractivity contribution is -0.121. The standard InChI is InChI=1S/C12H16Br2N2O2/c13-10-6-9(18-12(10)14)7-15-5-1-2-11(17)16-8-3-4-8/h6,8,15H,1-5,7H2,(H,16,17). The van der Waals surface area contributed by atoms with Gasteiger partial charge in [-0.1, -0.05) is 0 Å². The van der Waals surface area contributed by atoms with Gasteiger partial charge < -0.3 is 15.1 Å². The molecule has 1 heterocycles. The van der Waals surface area contributed by atoms with E-state index in [9.17, 15) is 4.79 Å². The van der Waals surface area contributed by atoms with E-state index >= 15 is 0 Å². The second kappa shape index (κ2) is 6.73. The summed E-state index contributed by atoms with van der Waals surface area (Å²) >= 11 is 6.66. The molecular weight excluding hydrogens is 364 g/mol. The molecule has 6 heteroatoms. The molecule has 2 N–H and O–H groups in total. The molecule has 4 nitrogen and oxygen atoms in total. The van der Waals surface area contributed by atoms with Crippen molar-refractivity contribution in [3.05, 3.63) is 21.0 Å². The lowest BCUT2D eigenvalue weighted by Crippen LogP contribution is -2.26. The van der Waals surface area contributed by atoms with E-state index in [1.807, 2.05) is 6.07 Å². The van der Waals surface area contributed by atoms with Gasteiger partial charge in [0.2, 0.25) is 5.91 Å². The first-order valence-electron chi connectivity index (χ1n) is 6.09. The van der Waals surface area contributed by atoms with Crippen molar-refractivity contribution in [2.75, 3.05) is 6.54 Å². The summed E-state index contributed by atoms with van der Waals surface area (Å²) in [6.07, 6.45) is 3.73. The third-order valence-corrected chi connectivity index (χ3v) is 4.41. The van der Waals surface area contributed by atoms with E-state index in [1.54, 1.807) is 0 Å². The third-order valence-electron chi connectivity index (χ3n) is 2.70. The molecular formula is C12H16Br2N2O2. The maximum Gasteiger partial charge on any atom is 0.220 e. The van der Waals surface area contributed by atoms with Crippen LogP contribution in [0.2, 0.25) is 0 Å². The lowest BCUT2D eigenvalue weighted by Gasteiger charge is -2.04. The van der Waals surface area contributed by atoms with E-state index in [0.29, 0.717) is 23.7 Å². The van der Waals surface area contributed by atoms with Crippen molar-refractivity contribution in [3.63, 3.8) is 0 Å². The molecule has 1 saturated carbocycles. The molecule has 1 aromatic heterocycles. The number of rotatable bonds is 7. The molecule has 18 heavy (non-hydrogen) atoms. The minimum Gasteiger partial charge on any atom is -0.452 e. The second-order valence-electron chi connectivity index (χ2n) is 4.46. The summed E-state index contributed by atoms with van der Waals surface area (Å²) in [4.78, 5) is 11.4. The smallest absolute Gasteiger partial charge is 0.220 e. The van der Waals surface area contributed by atoms with Gasteiger partial charge in [0.1, 0.15) is 5.76 Å². The zero-order valence-electron chi connectivity index (χ0n) is 9.97. The van der Waals surface area contributed by atoms with Crippen molar-refractivity contribution in [2.45, 2.75) is 38.3 Å². The molecule has 1 amide bonds. The molecule has 0 radical (unpaired) electrons. The monoisotopic (exact) mass is 378 g/mol. The topological polar surface area (TPSA) is 54.3 Å². The summed E-state index contributed by atoms with van der Waals surface area (Å²) < 4.78 is 7.06. The minimum atomic E-state index is 0.169. The van der Waals surface area contributed by atoms with E-state index in [4.69, 9.17) is 4.42 Å². The van der Waals surface area contributed by atoms with Crippen molar-refractivity contribution < 1.29 is 9.21 Å². The Hall–Kier alpha value is -0.330. The van der Waals surface area contributed by atoms with Crippen LogP contribution in [0.1, 0.15) is 31.4 Å². The predicted molar refractivity (Wildman–Crippen MR) is 76.2 cm³/mol. The van der Waals surface area contributed by atoms with E-state index in [1.165, 1.54) is 0 Å². The minimum absolute atomic E-state index is 0.169. The average Bonchev–Trinajstić information content (AvgIpc) is 3.06. The number of amides is 1. The van der Waals surface area contributed by atoms with Gasteiger partial charge in [0.25, 0.3) is 0 Å². The zero-order chi connectivity index (χ0) is 13.0. The van der Waals surface area contributed by atoms with Crippen molar-refractivity contribution in [3.8, 4) is 0 Å². The highest BCUT2D eigenvalue weighted by Gasteiger charge is 2.22. The number of carbonyl (C=O) groups is 1. The lowest BCUT2D eigenvalue weighted by atomic mass is 10.3. The molecule has 0 aliphatic heterocycles. The Bertz CT molecular complexity index is 397. The summed E-state index contributed by atoms with van der Waals surface area (Å²) in [6.45, 7) is 1.49. The highest BCUT2D eigenvalue weighted by Crippen LogP contribution is 2.26. The zero-order valence-corrected chi connectivity index (χ0v) is 13.1. The summed E-state index contributed by atoms with van der Waals surface area (Å²) in [7, 11) is 0. The van der Waals surface area contributed by atoms with Crippen molar-refractivity contribution in [1.29, 1.82) is 0 Å². The third kappa shape index (κ3) is 4.74. The summed E-state index contributed by atoms with van der Waals surface area (Å²) in [5.41, 5.74) is 0. The average molecular weight is 380 g/mol. The Morgan fingerprint density at radius 2 is 2.22 bits per heavy atom. The number of halogens is 2. The Balaban J connectivity index is 1.54. The highest BCUT2D eigenvalue weighted by molar-refractivity contribution is 9.13. The van der Waals surface area contributed by atoms with Gasteiger partial charge in [-0.2, -0.15) is 0 Å². The fourth-order valence-electron chi connectivity index (χ4n) is 1.59. The van der Waals surface area contributed by atoms with Crippen LogP contribution in [0.4, 0.5) is 0 Å². The fourth-order valence-corrected chi connectivity index (χ4v) is 2.25. The summed E-state index contributed by atoms with van der Waals surface area (Å²) in [5.74, 6) is 1.04. The molecule has 0 atom stereocenters. The molecule has 1 aliphatic rings.